The first kappa shape index (κ1) is 15.2. The lowest BCUT2D eigenvalue weighted by molar-refractivity contribution is 0.651. The van der Waals surface area contributed by atoms with Crippen LogP contribution in [-0.4, -0.2) is 9.97 Å². The first-order valence-electron chi connectivity index (χ1n) is 8.11. The molecule has 0 amide bonds. The van der Waals surface area contributed by atoms with Crippen LogP contribution in [-0.2, 0) is 12.2 Å². The zero-order chi connectivity index (χ0) is 16.5. The summed E-state index contributed by atoms with van der Waals surface area (Å²) < 4.78 is 6.05. The third-order valence-corrected chi connectivity index (χ3v) is 5.04. The van der Waals surface area contributed by atoms with Gasteiger partial charge in [0.05, 0.1) is 0 Å². The molecule has 0 saturated carbocycles. The molecule has 0 unspecified atom stereocenters. The Morgan fingerprint density at radius 1 is 1.04 bits per heavy atom. The summed E-state index contributed by atoms with van der Waals surface area (Å²) in [5.74, 6) is 1.73. The second-order valence-electron chi connectivity index (χ2n) is 5.85. The van der Waals surface area contributed by atoms with Crippen LogP contribution in [0.3, 0.4) is 0 Å². The Hall–Kier alpha value is -2.33. The van der Waals surface area contributed by atoms with Gasteiger partial charge in [0.25, 0.3) is 0 Å². The predicted molar refractivity (Wildman–Crippen MR) is 99.4 cm³/mol. The molecule has 2 aromatic heterocycles. The monoisotopic (exact) mass is 334 g/mol. The third-order valence-electron chi connectivity index (χ3n) is 4.01. The molecule has 0 aliphatic carbocycles. The second kappa shape index (κ2) is 6.29. The fourth-order valence-corrected chi connectivity index (χ4v) is 3.74. The molecular weight excluding hydrogens is 316 g/mol. The molecule has 0 N–H and O–H groups in total. The van der Waals surface area contributed by atoms with Crippen molar-refractivity contribution >= 4 is 33.8 Å². The summed E-state index contributed by atoms with van der Waals surface area (Å²) >= 11 is 1.71. The Bertz CT molecular complexity index is 1020. The summed E-state index contributed by atoms with van der Waals surface area (Å²) in [5.41, 5.74) is 5.16. The number of thioether (sulfide) groups is 1. The van der Waals surface area contributed by atoms with E-state index in [9.17, 15) is 0 Å². The number of hydrogen-bond acceptors (Lipinski definition) is 4. The highest BCUT2D eigenvalue weighted by Crippen LogP contribution is 2.34. The lowest BCUT2D eigenvalue weighted by Crippen LogP contribution is -1.95. The van der Waals surface area contributed by atoms with Crippen LogP contribution in [0.25, 0.3) is 22.1 Å². The first-order valence-corrected chi connectivity index (χ1v) is 9.09. The van der Waals surface area contributed by atoms with Gasteiger partial charge in [0.15, 0.2) is 5.58 Å². The SMILES string of the molecule is CCc1nc(SCc2cccc(C)c2)c2oc3ccccc3c2n1. The first-order chi connectivity index (χ1) is 11.7. The van der Waals surface area contributed by atoms with Crippen LogP contribution in [0.4, 0.5) is 0 Å². The van der Waals surface area contributed by atoms with Crippen molar-refractivity contribution in [3.63, 3.8) is 0 Å². The molecule has 4 heteroatoms. The van der Waals surface area contributed by atoms with Gasteiger partial charge in [-0.2, -0.15) is 0 Å². The van der Waals surface area contributed by atoms with E-state index in [4.69, 9.17) is 14.4 Å². The van der Waals surface area contributed by atoms with Crippen molar-refractivity contribution in [1.82, 2.24) is 9.97 Å². The van der Waals surface area contributed by atoms with E-state index in [1.54, 1.807) is 11.8 Å². The third kappa shape index (κ3) is 2.78. The van der Waals surface area contributed by atoms with Gasteiger partial charge in [0, 0.05) is 17.6 Å². The van der Waals surface area contributed by atoms with Crippen LogP contribution in [0.5, 0.6) is 0 Å². The van der Waals surface area contributed by atoms with Crippen LogP contribution in [0, 0.1) is 6.92 Å². The maximum atomic E-state index is 6.05. The average Bonchev–Trinajstić information content (AvgIpc) is 2.98. The number of nitrogens with zero attached hydrogens (tertiary/aromatic N) is 2. The van der Waals surface area contributed by atoms with Gasteiger partial charge in [-0.1, -0.05) is 60.6 Å². The van der Waals surface area contributed by atoms with Gasteiger partial charge in [0.2, 0.25) is 0 Å². The molecule has 2 aromatic carbocycles. The van der Waals surface area contributed by atoms with E-state index in [1.165, 1.54) is 11.1 Å². The van der Waals surface area contributed by atoms with Gasteiger partial charge < -0.3 is 4.42 Å². The molecule has 24 heavy (non-hydrogen) atoms. The van der Waals surface area contributed by atoms with Crippen molar-refractivity contribution in [3.8, 4) is 0 Å². The van der Waals surface area contributed by atoms with Crippen molar-refractivity contribution in [3.05, 3.63) is 65.5 Å². The number of aryl methyl sites for hydroxylation is 2. The summed E-state index contributed by atoms with van der Waals surface area (Å²) in [4.78, 5) is 9.40. The highest BCUT2D eigenvalue weighted by molar-refractivity contribution is 7.98. The molecule has 0 saturated heterocycles. The van der Waals surface area contributed by atoms with Crippen molar-refractivity contribution in [1.29, 1.82) is 0 Å². The van der Waals surface area contributed by atoms with E-state index < -0.39 is 0 Å². The van der Waals surface area contributed by atoms with Gasteiger partial charge in [0.1, 0.15) is 22.0 Å². The minimum atomic E-state index is 0.797. The number of benzene rings is 2. The van der Waals surface area contributed by atoms with Crippen LogP contribution in [0.2, 0.25) is 0 Å². The van der Waals surface area contributed by atoms with Crippen molar-refractivity contribution in [2.75, 3.05) is 0 Å². The summed E-state index contributed by atoms with van der Waals surface area (Å²) in [6.07, 6.45) is 0.813. The Kier molecular flexibility index (Phi) is 3.98. The van der Waals surface area contributed by atoms with E-state index in [2.05, 4.69) is 44.2 Å². The molecule has 120 valence electrons. The minimum absolute atomic E-state index is 0.797. The summed E-state index contributed by atoms with van der Waals surface area (Å²) in [6, 6.07) is 16.6. The van der Waals surface area contributed by atoms with Crippen LogP contribution in [0.15, 0.2) is 58.0 Å². The smallest absolute Gasteiger partial charge is 0.186 e. The number of hydrogen-bond donors (Lipinski definition) is 0. The molecule has 4 rings (SSSR count). The maximum Gasteiger partial charge on any atom is 0.186 e. The molecule has 0 spiro atoms. The molecule has 3 nitrogen and oxygen atoms in total. The van der Waals surface area contributed by atoms with Crippen molar-refractivity contribution in [2.24, 2.45) is 0 Å². The summed E-state index contributed by atoms with van der Waals surface area (Å²) in [7, 11) is 0. The highest BCUT2D eigenvalue weighted by Gasteiger charge is 2.15. The van der Waals surface area contributed by atoms with Gasteiger partial charge >= 0.3 is 0 Å². The van der Waals surface area contributed by atoms with Gasteiger partial charge in [-0.3, -0.25) is 0 Å². The Morgan fingerprint density at radius 2 is 1.92 bits per heavy atom. The lowest BCUT2D eigenvalue weighted by Gasteiger charge is -2.05. The molecule has 0 radical (unpaired) electrons. The standard InChI is InChI=1S/C20H18N2OS/c1-3-17-21-18-15-9-4-5-10-16(15)23-19(18)20(22-17)24-12-14-8-6-7-13(2)11-14/h4-11H,3,12H2,1-2H3. The molecule has 0 aliphatic rings. The Labute approximate surface area is 145 Å². The zero-order valence-corrected chi connectivity index (χ0v) is 14.6. The molecule has 4 aromatic rings. The quantitative estimate of drug-likeness (QED) is 0.363. The molecule has 0 atom stereocenters. The predicted octanol–water partition coefficient (Wildman–Crippen LogP) is 5.54. The lowest BCUT2D eigenvalue weighted by atomic mass is 10.2. The molecule has 0 fully saturated rings. The Balaban J connectivity index is 1.78. The number of furan rings is 1. The molecule has 0 bridgehead atoms. The zero-order valence-electron chi connectivity index (χ0n) is 13.7. The normalized spacial score (nSPS) is 11.4. The fourth-order valence-electron chi connectivity index (χ4n) is 2.82. The van der Waals surface area contributed by atoms with Crippen molar-refractivity contribution < 1.29 is 4.42 Å². The molecule has 0 aliphatic heterocycles. The highest BCUT2D eigenvalue weighted by atomic mass is 32.2. The summed E-state index contributed by atoms with van der Waals surface area (Å²) in [6.45, 7) is 4.20. The largest absolute Gasteiger partial charge is 0.451 e. The second-order valence-corrected chi connectivity index (χ2v) is 6.82. The fraction of sp³-hybridized carbons (Fsp3) is 0.200. The maximum absolute atomic E-state index is 6.05. The van der Waals surface area contributed by atoms with E-state index >= 15 is 0 Å². The number of para-hydroxylation sites is 1. The van der Waals surface area contributed by atoms with Gasteiger partial charge in [-0.25, -0.2) is 9.97 Å². The van der Waals surface area contributed by atoms with E-state index in [0.717, 1.165) is 45.1 Å². The average molecular weight is 334 g/mol. The van der Waals surface area contributed by atoms with Gasteiger partial charge in [-0.05, 0) is 24.6 Å². The van der Waals surface area contributed by atoms with E-state index in [-0.39, 0.29) is 0 Å². The number of fused-ring (bicyclic) bond motifs is 3. The van der Waals surface area contributed by atoms with Gasteiger partial charge in [-0.15, -0.1) is 0 Å². The van der Waals surface area contributed by atoms with Crippen molar-refractivity contribution in [2.45, 2.75) is 31.0 Å². The molecule has 2 heterocycles. The van der Waals surface area contributed by atoms with Crippen LogP contribution in [0.1, 0.15) is 23.9 Å². The van der Waals surface area contributed by atoms with E-state index in [0.29, 0.717) is 0 Å². The van der Waals surface area contributed by atoms with E-state index in [1.807, 2.05) is 18.2 Å². The Morgan fingerprint density at radius 3 is 2.75 bits per heavy atom. The minimum Gasteiger partial charge on any atom is -0.451 e. The van der Waals surface area contributed by atoms with Crippen LogP contribution < -0.4 is 0 Å². The molecular formula is C20H18N2OS. The number of rotatable bonds is 4. The topological polar surface area (TPSA) is 38.9 Å². The summed E-state index contributed by atoms with van der Waals surface area (Å²) in [5, 5.41) is 1.98. The number of aromatic nitrogens is 2. The van der Waals surface area contributed by atoms with Crippen LogP contribution >= 0.6 is 11.8 Å².